The van der Waals surface area contributed by atoms with Crippen LogP contribution in [0.5, 0.6) is 11.5 Å². The number of phenolic OH excluding ortho intramolecular Hbond substituents is 2. The van der Waals surface area contributed by atoms with Crippen molar-refractivity contribution in [1.82, 2.24) is 15.0 Å². The van der Waals surface area contributed by atoms with Crippen molar-refractivity contribution in [1.29, 1.82) is 0 Å². The maximum absolute atomic E-state index is 12.7. The third-order valence-electron chi connectivity index (χ3n) is 8.80. The van der Waals surface area contributed by atoms with Crippen LogP contribution in [-0.4, -0.2) is 142 Å². The standard InChI is InChI=1S/C31H30Cl3N7O18S6.Cu.4Na/c32-4-8-60(44,45)10-6-41(7-11-61(46,47)9-5-33)31-37-29(34)36-30(38-31)35-19-14-17(62(48,49)50)12-16-13-23(65(57,58)59)26(28(43)24(16)19)40-39-20-15-22(64(54,55)56)18-2-1-3-21(63(51,52)53)25(18)27(20)42;;;;;/h1-3,12-15,42-43H,4-11H2,(H,48,49,50)(H,51,52,53)(H,54,55,56)(H,57,58,59)(H,35,36,37,38);;;;;/q;;4*+1. The van der Waals surface area contributed by atoms with Crippen LogP contribution in [0.15, 0.2) is 72.3 Å². The van der Waals surface area contributed by atoms with Gasteiger partial charge in [0.1, 0.15) is 26.1 Å². The van der Waals surface area contributed by atoms with Crippen LogP contribution in [0.1, 0.15) is 0 Å². The van der Waals surface area contributed by atoms with Gasteiger partial charge in [0.05, 0.1) is 33.6 Å². The Morgan fingerprint density at radius 3 is 1.61 bits per heavy atom. The fourth-order valence-electron chi connectivity index (χ4n) is 5.90. The third kappa shape index (κ3) is 17.9. The Labute approximate surface area is 514 Å². The number of aromatic nitrogens is 3. The zero-order chi connectivity index (χ0) is 48.7. The smallest absolute Gasteiger partial charge is 0.505 e. The molecule has 0 aliphatic heterocycles. The normalized spacial score (nSPS) is 12.3. The van der Waals surface area contributed by atoms with Gasteiger partial charge < -0.3 is 20.4 Å². The Kier molecular flexibility index (Phi) is 27.5. The molecular formula is C31H30Cl3CuN7Na4O18S6+4. The SMILES string of the molecule is O=S(=O)(CCCl)CCN(CCS(=O)(=O)CCCl)c1nc(Cl)nc(Nc2cc(S(=O)(=O)O)cc3cc(S(=O)(=O)O)c(N=Nc4cc(S(=O)(=O)O)c5cccc(S(=O)(=O)O)c5c4O)c(O)c23)n1.[Cu].[Na+].[Na+].[Na+].[Na+]. The minimum Gasteiger partial charge on any atom is -0.505 e. The predicted molar refractivity (Wildman–Crippen MR) is 234 cm³/mol. The largest absolute Gasteiger partial charge is 1.00 e. The number of nitrogens with one attached hydrogen (secondary N) is 1. The second kappa shape index (κ2) is 27.5. The third-order valence-corrected chi connectivity index (χ3v) is 16.5. The number of sulfone groups is 2. The molecule has 70 heavy (non-hydrogen) atoms. The summed E-state index contributed by atoms with van der Waals surface area (Å²) in [6.07, 6.45) is 0. The summed E-state index contributed by atoms with van der Waals surface area (Å²) in [5.74, 6) is -6.30. The molecule has 4 aromatic carbocycles. The monoisotopic (exact) mass is 1240 g/mol. The van der Waals surface area contributed by atoms with Crippen LogP contribution in [0, 0.1) is 0 Å². The van der Waals surface area contributed by atoms with Crippen molar-refractivity contribution in [3.8, 4) is 11.5 Å². The molecule has 0 saturated carbocycles. The average Bonchev–Trinajstić information content (AvgIpc) is 3.15. The van der Waals surface area contributed by atoms with Gasteiger partial charge >= 0.3 is 118 Å². The fraction of sp³-hybridized carbons (Fsp3) is 0.258. The molecule has 1 radical (unpaired) electrons. The summed E-state index contributed by atoms with van der Waals surface area (Å²) in [6, 6.07) is 4.81. The van der Waals surface area contributed by atoms with E-state index in [4.69, 9.17) is 34.8 Å². The second-order valence-corrected chi connectivity index (χ2v) is 24.5. The van der Waals surface area contributed by atoms with Gasteiger partial charge in [-0.25, -0.2) is 16.8 Å². The summed E-state index contributed by atoms with van der Waals surface area (Å²) < 4.78 is 190. The molecule has 1 heterocycles. The van der Waals surface area contributed by atoms with Crippen LogP contribution in [0.25, 0.3) is 21.5 Å². The quantitative estimate of drug-likeness (QED) is 0.0175. The second-order valence-electron chi connectivity index (χ2n) is 13.2. The molecule has 25 nitrogen and oxygen atoms in total. The molecule has 0 unspecified atom stereocenters. The number of hydrogen-bond donors (Lipinski definition) is 7. The van der Waals surface area contributed by atoms with Gasteiger partial charge in [0.2, 0.25) is 17.2 Å². The van der Waals surface area contributed by atoms with Gasteiger partial charge in [-0.05, 0) is 47.3 Å². The van der Waals surface area contributed by atoms with Crippen LogP contribution < -0.4 is 128 Å². The van der Waals surface area contributed by atoms with Crippen molar-refractivity contribution in [3.63, 3.8) is 0 Å². The molecule has 39 heteroatoms. The Morgan fingerprint density at radius 2 is 1.13 bits per heavy atom. The Hall–Kier alpha value is 0.139. The summed E-state index contributed by atoms with van der Waals surface area (Å²) in [5.41, 5.74) is -2.93. The molecule has 0 aliphatic rings. The number of hydrogen-bond acceptors (Lipinski definition) is 21. The van der Waals surface area contributed by atoms with E-state index in [2.05, 4.69) is 30.5 Å². The maximum Gasteiger partial charge on any atom is 1.00 e. The van der Waals surface area contributed by atoms with Crippen molar-refractivity contribution < 1.29 is 214 Å². The Bertz CT molecular complexity index is 3470. The van der Waals surface area contributed by atoms with E-state index in [-0.39, 0.29) is 147 Å². The van der Waals surface area contributed by atoms with Gasteiger partial charge in [0, 0.05) is 58.1 Å². The van der Waals surface area contributed by atoms with Crippen LogP contribution in [0.2, 0.25) is 5.28 Å². The summed E-state index contributed by atoms with van der Waals surface area (Å²) in [6.45, 7) is -0.889. The predicted octanol–water partition coefficient (Wildman–Crippen LogP) is -8.48. The number of fused-ring (bicyclic) bond motifs is 2. The van der Waals surface area contributed by atoms with E-state index in [0.29, 0.717) is 24.3 Å². The number of aromatic hydroxyl groups is 2. The van der Waals surface area contributed by atoms with E-state index in [0.717, 1.165) is 23.1 Å². The van der Waals surface area contributed by atoms with Crippen LogP contribution in [0.3, 0.4) is 0 Å². The first kappa shape index (κ1) is 70.1. The molecule has 0 fully saturated rings. The maximum atomic E-state index is 12.7. The van der Waals surface area contributed by atoms with E-state index in [1.165, 1.54) is 0 Å². The number of anilines is 3. The van der Waals surface area contributed by atoms with E-state index < -0.39 is 183 Å². The molecule has 1 aromatic heterocycles. The summed E-state index contributed by atoms with van der Waals surface area (Å²) >= 11 is 17.4. The molecule has 7 N–H and O–H groups in total. The number of alkyl halides is 2. The average molecular weight is 1240 g/mol. The van der Waals surface area contributed by atoms with E-state index in [1.807, 2.05) is 0 Å². The number of azo groups is 1. The molecule has 0 atom stereocenters. The summed E-state index contributed by atoms with van der Waals surface area (Å²) in [7, 11) is -29.0. The van der Waals surface area contributed by atoms with E-state index >= 15 is 0 Å². The summed E-state index contributed by atoms with van der Waals surface area (Å²) in [5, 5.41) is 28.9. The van der Waals surface area contributed by atoms with Gasteiger partial charge in [-0.1, -0.05) is 12.1 Å². The van der Waals surface area contributed by atoms with Crippen LogP contribution >= 0.6 is 34.8 Å². The van der Waals surface area contributed by atoms with Crippen molar-refractivity contribution in [2.75, 3.05) is 58.1 Å². The van der Waals surface area contributed by atoms with E-state index in [9.17, 15) is 78.9 Å². The molecule has 5 aromatic rings. The molecule has 365 valence electrons. The minimum atomic E-state index is -5.55. The Morgan fingerprint density at radius 1 is 0.600 bits per heavy atom. The van der Waals surface area contributed by atoms with Crippen molar-refractivity contribution in [2.24, 2.45) is 10.2 Å². The molecular weight excluding hydrogens is 1210 g/mol. The number of halogens is 3. The molecule has 5 rings (SSSR count). The Balaban J connectivity index is 0.00000952. The molecule has 0 saturated heterocycles. The minimum absolute atomic E-state index is 0. The summed E-state index contributed by atoms with van der Waals surface area (Å²) in [4.78, 5) is 8.46. The van der Waals surface area contributed by atoms with Crippen molar-refractivity contribution in [3.05, 3.63) is 47.7 Å². The van der Waals surface area contributed by atoms with Gasteiger partial charge in [-0.3, -0.25) is 18.2 Å². The van der Waals surface area contributed by atoms with Crippen LogP contribution in [-0.2, 0) is 77.2 Å². The molecule has 0 bridgehead atoms. The number of rotatable bonds is 19. The molecule has 0 spiro atoms. The zero-order valence-electron chi connectivity index (χ0n) is 36.3. The van der Waals surface area contributed by atoms with Crippen LogP contribution in [0.4, 0.5) is 29.0 Å². The first-order chi connectivity index (χ1) is 29.9. The molecule has 0 aliphatic carbocycles. The molecule has 0 amide bonds. The van der Waals surface area contributed by atoms with Gasteiger partial charge in [0.15, 0.2) is 31.2 Å². The fourth-order valence-corrected chi connectivity index (χ4v) is 12.0. The zero-order valence-corrected chi connectivity index (χ0v) is 52.5. The van der Waals surface area contributed by atoms with Gasteiger partial charge in [-0.2, -0.15) is 48.6 Å². The van der Waals surface area contributed by atoms with Gasteiger partial charge in [-0.15, -0.1) is 33.4 Å². The number of benzene rings is 4. The topological polar surface area (TPSA) is 405 Å². The first-order valence-electron chi connectivity index (χ1n) is 17.3. The van der Waals surface area contributed by atoms with Crippen molar-refractivity contribution >= 4 is 145 Å². The number of nitrogens with zero attached hydrogens (tertiary/aromatic N) is 6. The van der Waals surface area contributed by atoms with Gasteiger partial charge in [0.25, 0.3) is 40.5 Å². The van der Waals surface area contributed by atoms with E-state index in [1.54, 1.807) is 0 Å². The van der Waals surface area contributed by atoms with Crippen molar-refractivity contribution in [2.45, 2.75) is 19.6 Å². The first-order valence-corrected chi connectivity index (χ1v) is 28.1. The number of phenols is 2.